The lowest BCUT2D eigenvalue weighted by atomic mass is 10.1. The van der Waals surface area contributed by atoms with Crippen LogP contribution >= 0.6 is 12.2 Å². The van der Waals surface area contributed by atoms with Gasteiger partial charge in [-0.15, -0.1) is 0 Å². The number of hydrogen-bond donors (Lipinski definition) is 1. The number of para-hydroxylation sites is 1. The van der Waals surface area contributed by atoms with Crippen molar-refractivity contribution in [1.29, 1.82) is 0 Å². The van der Waals surface area contributed by atoms with Gasteiger partial charge in [0.15, 0.2) is 0 Å². The van der Waals surface area contributed by atoms with E-state index in [-0.39, 0.29) is 5.75 Å². The first-order chi connectivity index (χ1) is 11.7. The third-order valence-electron chi connectivity index (χ3n) is 3.85. The van der Waals surface area contributed by atoms with Gasteiger partial charge in [0.25, 0.3) is 0 Å². The SMILES string of the molecule is Oc1ccccc1C(=S)N(Cc1ccccc1)Cc1ccccc1. The van der Waals surface area contributed by atoms with Crippen molar-refractivity contribution in [3.05, 3.63) is 102 Å². The van der Waals surface area contributed by atoms with Gasteiger partial charge in [-0.1, -0.05) is 85.0 Å². The van der Waals surface area contributed by atoms with Gasteiger partial charge in [0.2, 0.25) is 0 Å². The lowest BCUT2D eigenvalue weighted by Crippen LogP contribution is -2.29. The van der Waals surface area contributed by atoms with Gasteiger partial charge in [0.05, 0.1) is 5.56 Å². The molecular formula is C21H19NOS. The highest BCUT2D eigenvalue weighted by Crippen LogP contribution is 2.21. The quantitative estimate of drug-likeness (QED) is 0.680. The molecule has 0 bridgehead atoms. The molecule has 0 unspecified atom stereocenters. The highest BCUT2D eigenvalue weighted by Gasteiger charge is 2.15. The number of rotatable bonds is 5. The van der Waals surface area contributed by atoms with Crippen molar-refractivity contribution in [3.63, 3.8) is 0 Å². The van der Waals surface area contributed by atoms with Crippen LogP contribution in [0.2, 0.25) is 0 Å². The molecule has 0 aliphatic carbocycles. The van der Waals surface area contributed by atoms with Crippen molar-refractivity contribution >= 4 is 17.2 Å². The Morgan fingerprint density at radius 3 is 1.67 bits per heavy atom. The molecule has 0 heterocycles. The summed E-state index contributed by atoms with van der Waals surface area (Å²) in [5.41, 5.74) is 3.07. The van der Waals surface area contributed by atoms with Crippen LogP contribution in [0.25, 0.3) is 0 Å². The topological polar surface area (TPSA) is 23.5 Å². The molecule has 0 aromatic heterocycles. The fourth-order valence-corrected chi connectivity index (χ4v) is 2.93. The summed E-state index contributed by atoms with van der Waals surface area (Å²) in [5.74, 6) is 0.216. The summed E-state index contributed by atoms with van der Waals surface area (Å²) < 4.78 is 0. The zero-order valence-electron chi connectivity index (χ0n) is 13.3. The maximum Gasteiger partial charge on any atom is 0.125 e. The minimum absolute atomic E-state index is 0.216. The standard InChI is InChI=1S/C21H19NOS/c23-20-14-8-7-13-19(20)21(24)22(15-17-9-3-1-4-10-17)16-18-11-5-2-6-12-18/h1-14,23H,15-16H2. The van der Waals surface area contributed by atoms with E-state index >= 15 is 0 Å². The van der Waals surface area contributed by atoms with E-state index in [1.807, 2.05) is 48.5 Å². The van der Waals surface area contributed by atoms with E-state index in [4.69, 9.17) is 12.2 Å². The Morgan fingerprint density at radius 2 is 1.17 bits per heavy atom. The second-order valence-corrected chi connectivity index (χ2v) is 6.04. The zero-order valence-corrected chi connectivity index (χ0v) is 14.1. The largest absolute Gasteiger partial charge is 0.507 e. The molecule has 0 atom stereocenters. The number of benzene rings is 3. The number of hydrogen-bond acceptors (Lipinski definition) is 2. The van der Waals surface area contributed by atoms with Crippen LogP contribution in [0.1, 0.15) is 16.7 Å². The fourth-order valence-electron chi connectivity index (χ4n) is 2.63. The molecule has 3 rings (SSSR count). The summed E-state index contributed by atoms with van der Waals surface area (Å²) in [6.07, 6.45) is 0. The van der Waals surface area contributed by atoms with Crippen LogP contribution in [-0.2, 0) is 13.1 Å². The molecule has 0 amide bonds. The highest BCUT2D eigenvalue weighted by molar-refractivity contribution is 7.80. The van der Waals surface area contributed by atoms with E-state index in [1.165, 1.54) is 11.1 Å². The van der Waals surface area contributed by atoms with Gasteiger partial charge in [-0.3, -0.25) is 0 Å². The van der Waals surface area contributed by atoms with Crippen molar-refractivity contribution in [2.75, 3.05) is 0 Å². The molecule has 3 aromatic rings. The first-order valence-electron chi connectivity index (χ1n) is 7.89. The smallest absolute Gasteiger partial charge is 0.125 e. The van der Waals surface area contributed by atoms with Crippen molar-refractivity contribution < 1.29 is 5.11 Å². The summed E-state index contributed by atoms with van der Waals surface area (Å²) in [7, 11) is 0. The van der Waals surface area contributed by atoms with Crippen molar-refractivity contribution in [1.82, 2.24) is 4.90 Å². The molecular weight excluding hydrogens is 314 g/mol. The second kappa shape index (κ2) is 7.75. The predicted octanol–water partition coefficient (Wildman–Crippen LogP) is 4.77. The number of thiocarbonyl (C=S) groups is 1. The number of aromatic hydroxyl groups is 1. The van der Waals surface area contributed by atoms with Gasteiger partial charge in [-0.2, -0.15) is 0 Å². The van der Waals surface area contributed by atoms with E-state index in [0.29, 0.717) is 23.6 Å². The van der Waals surface area contributed by atoms with E-state index in [9.17, 15) is 5.11 Å². The van der Waals surface area contributed by atoms with Crippen LogP contribution in [0, 0.1) is 0 Å². The summed E-state index contributed by atoms with van der Waals surface area (Å²) in [6, 6.07) is 27.7. The van der Waals surface area contributed by atoms with Crippen molar-refractivity contribution in [2.45, 2.75) is 13.1 Å². The number of phenols is 1. The molecule has 0 saturated carbocycles. The maximum atomic E-state index is 10.1. The summed E-state index contributed by atoms with van der Waals surface area (Å²) in [6.45, 7) is 1.39. The molecule has 3 heteroatoms. The molecule has 2 nitrogen and oxygen atoms in total. The first kappa shape index (κ1) is 16.2. The Labute approximate surface area is 148 Å². The van der Waals surface area contributed by atoms with E-state index < -0.39 is 0 Å². The van der Waals surface area contributed by atoms with Gasteiger partial charge in [0, 0.05) is 13.1 Å². The molecule has 120 valence electrons. The lowest BCUT2D eigenvalue weighted by molar-refractivity contribution is 0.411. The molecule has 24 heavy (non-hydrogen) atoms. The van der Waals surface area contributed by atoms with E-state index in [2.05, 4.69) is 29.2 Å². The predicted molar refractivity (Wildman–Crippen MR) is 102 cm³/mol. The molecule has 0 aliphatic heterocycles. The molecule has 0 radical (unpaired) electrons. The van der Waals surface area contributed by atoms with Gasteiger partial charge in [-0.25, -0.2) is 0 Å². The molecule has 0 aliphatic rings. The van der Waals surface area contributed by atoms with Crippen LogP contribution in [0.3, 0.4) is 0 Å². The van der Waals surface area contributed by atoms with Crippen molar-refractivity contribution in [3.8, 4) is 5.75 Å². The van der Waals surface area contributed by atoms with E-state index in [1.54, 1.807) is 12.1 Å². The van der Waals surface area contributed by atoms with Gasteiger partial charge < -0.3 is 10.0 Å². The lowest BCUT2D eigenvalue weighted by Gasteiger charge is -2.26. The minimum atomic E-state index is 0.216. The van der Waals surface area contributed by atoms with Gasteiger partial charge >= 0.3 is 0 Å². The first-order valence-corrected chi connectivity index (χ1v) is 8.30. The zero-order chi connectivity index (χ0) is 16.8. The van der Waals surface area contributed by atoms with Gasteiger partial charge in [-0.05, 0) is 23.3 Å². The Kier molecular flexibility index (Phi) is 5.24. The van der Waals surface area contributed by atoms with E-state index in [0.717, 1.165) is 0 Å². The average molecular weight is 333 g/mol. The summed E-state index contributed by atoms with van der Waals surface area (Å²) in [5, 5.41) is 10.1. The van der Waals surface area contributed by atoms with Crippen LogP contribution in [0.5, 0.6) is 5.75 Å². The van der Waals surface area contributed by atoms with Gasteiger partial charge in [0.1, 0.15) is 10.7 Å². The number of phenolic OH excluding ortho intramolecular Hbond substituents is 1. The molecule has 3 aromatic carbocycles. The second-order valence-electron chi connectivity index (χ2n) is 5.65. The molecule has 0 spiro atoms. The van der Waals surface area contributed by atoms with Crippen LogP contribution < -0.4 is 0 Å². The van der Waals surface area contributed by atoms with Crippen molar-refractivity contribution in [2.24, 2.45) is 0 Å². The van der Waals surface area contributed by atoms with Crippen LogP contribution in [0.15, 0.2) is 84.9 Å². The average Bonchev–Trinajstić information content (AvgIpc) is 2.63. The van der Waals surface area contributed by atoms with Crippen LogP contribution in [0.4, 0.5) is 0 Å². The Morgan fingerprint density at radius 1 is 0.708 bits per heavy atom. The normalized spacial score (nSPS) is 10.3. The monoisotopic (exact) mass is 333 g/mol. The summed E-state index contributed by atoms with van der Waals surface area (Å²) in [4.78, 5) is 2.77. The Hall–Kier alpha value is -2.65. The third-order valence-corrected chi connectivity index (χ3v) is 4.33. The maximum absolute atomic E-state index is 10.1. The third kappa shape index (κ3) is 4.00. The Balaban J connectivity index is 1.89. The molecule has 0 fully saturated rings. The molecule has 0 saturated heterocycles. The minimum Gasteiger partial charge on any atom is -0.507 e. The Bertz CT molecular complexity index is 761. The summed E-state index contributed by atoms with van der Waals surface area (Å²) >= 11 is 5.69. The highest BCUT2D eigenvalue weighted by atomic mass is 32.1. The van der Waals surface area contributed by atoms with Crippen LogP contribution in [-0.4, -0.2) is 15.0 Å². The fraction of sp³-hybridized carbons (Fsp3) is 0.0952. The number of nitrogens with zero attached hydrogens (tertiary/aromatic N) is 1. The molecule has 1 N–H and O–H groups in total.